The Morgan fingerprint density at radius 2 is 1.59 bits per heavy atom. The van der Waals surface area contributed by atoms with Crippen LogP contribution in [-0.4, -0.2) is 24.1 Å². The van der Waals surface area contributed by atoms with E-state index in [0.29, 0.717) is 17.2 Å². The first-order chi connectivity index (χ1) is 14.1. The number of carbonyl (C=O) groups excluding carboxylic acids is 2. The minimum Gasteiger partial charge on any atom is -0.508 e. The summed E-state index contributed by atoms with van der Waals surface area (Å²) in [6.45, 7) is 8.00. The highest BCUT2D eigenvalue weighted by Gasteiger charge is 2.19. The maximum atomic E-state index is 11.7. The summed E-state index contributed by atoms with van der Waals surface area (Å²) in [6, 6.07) is 10.3. The first-order valence-electron chi connectivity index (χ1n) is 10.0. The van der Waals surface area contributed by atoms with Gasteiger partial charge in [0.15, 0.2) is 0 Å². The third-order valence-electron chi connectivity index (χ3n) is 4.12. The van der Waals surface area contributed by atoms with E-state index in [1.165, 1.54) is 7.11 Å². The van der Waals surface area contributed by atoms with Crippen molar-refractivity contribution in [3.8, 4) is 17.2 Å². The van der Waals surface area contributed by atoms with E-state index in [2.05, 4.69) is 10.1 Å². The molecule has 2 N–H and O–H groups in total. The highest BCUT2D eigenvalue weighted by atomic mass is 16.5. The molecule has 0 saturated carbocycles. The van der Waals surface area contributed by atoms with Crippen LogP contribution >= 0.6 is 0 Å². The molecule has 0 heterocycles. The van der Waals surface area contributed by atoms with Gasteiger partial charge in [-0.25, -0.2) is 0 Å². The molecule has 158 valence electrons. The van der Waals surface area contributed by atoms with Crippen LogP contribution in [0.2, 0.25) is 0 Å². The molecule has 0 atom stereocenters. The van der Waals surface area contributed by atoms with E-state index in [9.17, 15) is 14.7 Å². The Kier molecular flexibility index (Phi) is 10.3. The maximum absolute atomic E-state index is 11.7. The van der Waals surface area contributed by atoms with Crippen molar-refractivity contribution < 1.29 is 24.2 Å². The highest BCUT2D eigenvalue weighted by Crippen LogP contribution is 2.38. The van der Waals surface area contributed by atoms with Crippen LogP contribution in [0.5, 0.6) is 17.2 Å². The molecule has 2 aromatic carbocycles. The first-order valence-corrected chi connectivity index (χ1v) is 10.0. The summed E-state index contributed by atoms with van der Waals surface area (Å²) in [5.74, 6) is 0.678. The van der Waals surface area contributed by atoms with E-state index < -0.39 is 11.9 Å². The smallest absolute Gasteiger partial charge is 0.315 e. The van der Waals surface area contributed by atoms with Crippen LogP contribution in [0.4, 0.5) is 5.69 Å². The van der Waals surface area contributed by atoms with Crippen molar-refractivity contribution in [2.24, 2.45) is 0 Å². The molecule has 0 radical (unpaired) electrons. The minimum atomic E-state index is -0.585. The van der Waals surface area contributed by atoms with Gasteiger partial charge in [-0.3, -0.25) is 9.59 Å². The molecule has 1 aliphatic rings. The van der Waals surface area contributed by atoms with E-state index in [0.717, 1.165) is 36.1 Å². The summed E-state index contributed by atoms with van der Waals surface area (Å²) in [6.07, 6.45) is 2.44. The number of ether oxygens (including phenoxy) is 2. The van der Waals surface area contributed by atoms with Crippen LogP contribution in [0.3, 0.4) is 0 Å². The summed E-state index contributed by atoms with van der Waals surface area (Å²) in [4.78, 5) is 22.7. The number of esters is 1. The van der Waals surface area contributed by atoms with Gasteiger partial charge < -0.3 is 19.9 Å². The Bertz CT molecular complexity index is 800. The Morgan fingerprint density at radius 3 is 2.21 bits per heavy atom. The van der Waals surface area contributed by atoms with Crippen LogP contribution in [0.25, 0.3) is 0 Å². The molecule has 0 bridgehead atoms. The van der Waals surface area contributed by atoms with E-state index in [1.807, 2.05) is 27.7 Å². The molecular formula is C23H31NO5. The van der Waals surface area contributed by atoms with Crippen molar-refractivity contribution in [3.63, 3.8) is 0 Å². The van der Waals surface area contributed by atoms with Gasteiger partial charge >= 0.3 is 5.97 Å². The zero-order valence-corrected chi connectivity index (χ0v) is 17.9. The van der Waals surface area contributed by atoms with Crippen molar-refractivity contribution in [2.75, 3.05) is 12.4 Å². The molecule has 0 unspecified atom stereocenters. The first kappa shape index (κ1) is 24.0. The molecule has 3 rings (SSSR count). The Hall–Kier alpha value is -3.02. The van der Waals surface area contributed by atoms with E-state index in [1.54, 1.807) is 36.4 Å². The molecule has 0 spiro atoms. The number of phenols is 1. The number of phenolic OH excluding ortho intramolecular Hbond substituents is 1. The second-order valence-corrected chi connectivity index (χ2v) is 5.82. The number of anilines is 1. The molecule has 0 saturated heterocycles. The number of nitrogens with one attached hydrogen (secondary N) is 1. The third kappa shape index (κ3) is 6.82. The number of fused-ring (bicyclic) bond motifs is 1. The lowest BCUT2D eigenvalue weighted by Gasteiger charge is -2.12. The van der Waals surface area contributed by atoms with Gasteiger partial charge in [0.05, 0.1) is 7.11 Å². The SMILES string of the molecule is CC.CC.COC(=O)CC(=O)Nc1ccc(Oc2ccc(O)c3c2CCC3)cc1. The predicted octanol–water partition coefficient (Wildman–Crippen LogP) is 5.23. The van der Waals surface area contributed by atoms with Gasteiger partial charge in [0, 0.05) is 16.8 Å². The molecule has 0 fully saturated rings. The lowest BCUT2D eigenvalue weighted by molar-refractivity contribution is -0.142. The fourth-order valence-corrected chi connectivity index (χ4v) is 2.89. The minimum absolute atomic E-state index is 0.323. The van der Waals surface area contributed by atoms with Crippen molar-refractivity contribution in [3.05, 3.63) is 47.5 Å². The third-order valence-corrected chi connectivity index (χ3v) is 4.12. The van der Waals surface area contributed by atoms with E-state index in [4.69, 9.17) is 4.74 Å². The highest BCUT2D eigenvalue weighted by molar-refractivity contribution is 6.01. The molecule has 1 amide bonds. The maximum Gasteiger partial charge on any atom is 0.315 e. The second-order valence-electron chi connectivity index (χ2n) is 5.82. The number of rotatable bonds is 5. The van der Waals surface area contributed by atoms with E-state index in [-0.39, 0.29) is 6.42 Å². The van der Waals surface area contributed by atoms with Gasteiger partial charge in [0.2, 0.25) is 5.91 Å². The van der Waals surface area contributed by atoms with Crippen LogP contribution in [-0.2, 0) is 27.2 Å². The van der Waals surface area contributed by atoms with Crippen molar-refractivity contribution in [2.45, 2.75) is 53.4 Å². The molecular weight excluding hydrogens is 370 g/mol. The van der Waals surface area contributed by atoms with Gasteiger partial charge in [0.25, 0.3) is 0 Å². The molecule has 29 heavy (non-hydrogen) atoms. The molecule has 2 aromatic rings. The number of hydrogen-bond donors (Lipinski definition) is 2. The Morgan fingerprint density at radius 1 is 0.966 bits per heavy atom. The monoisotopic (exact) mass is 401 g/mol. The Labute approximate surface area is 172 Å². The van der Waals surface area contributed by atoms with Crippen molar-refractivity contribution >= 4 is 17.6 Å². The quantitative estimate of drug-likeness (QED) is 0.529. The average Bonchev–Trinajstić information content (AvgIpc) is 3.25. The summed E-state index contributed by atoms with van der Waals surface area (Å²) in [5.41, 5.74) is 2.58. The number of methoxy groups -OCH3 is 1. The number of hydrogen-bond acceptors (Lipinski definition) is 5. The molecule has 6 nitrogen and oxygen atoms in total. The zero-order valence-electron chi connectivity index (χ0n) is 17.9. The predicted molar refractivity (Wildman–Crippen MR) is 115 cm³/mol. The lowest BCUT2D eigenvalue weighted by Crippen LogP contribution is -2.17. The normalized spacial score (nSPS) is 11.1. The summed E-state index contributed by atoms with van der Waals surface area (Å²) < 4.78 is 10.4. The lowest BCUT2D eigenvalue weighted by atomic mass is 10.1. The van der Waals surface area contributed by atoms with Gasteiger partial charge in [0.1, 0.15) is 23.7 Å². The zero-order chi connectivity index (χ0) is 21.8. The van der Waals surface area contributed by atoms with Gasteiger partial charge in [-0.15, -0.1) is 0 Å². The number of aromatic hydroxyl groups is 1. The summed E-state index contributed by atoms with van der Waals surface area (Å²) in [5, 5.41) is 12.5. The second kappa shape index (κ2) is 12.4. The van der Waals surface area contributed by atoms with Crippen LogP contribution in [0, 0.1) is 0 Å². The number of carbonyl (C=O) groups is 2. The average molecular weight is 402 g/mol. The number of amides is 1. The van der Waals surface area contributed by atoms with Gasteiger partial charge in [-0.1, -0.05) is 27.7 Å². The fourth-order valence-electron chi connectivity index (χ4n) is 2.89. The largest absolute Gasteiger partial charge is 0.508 e. The number of benzene rings is 2. The van der Waals surface area contributed by atoms with Crippen LogP contribution in [0.15, 0.2) is 36.4 Å². The van der Waals surface area contributed by atoms with Gasteiger partial charge in [-0.2, -0.15) is 0 Å². The van der Waals surface area contributed by atoms with Crippen LogP contribution in [0.1, 0.15) is 51.7 Å². The summed E-state index contributed by atoms with van der Waals surface area (Å²) >= 11 is 0. The van der Waals surface area contributed by atoms with Crippen LogP contribution < -0.4 is 10.1 Å². The van der Waals surface area contributed by atoms with Gasteiger partial charge in [-0.05, 0) is 55.7 Å². The Balaban J connectivity index is 0.000000989. The molecule has 0 aromatic heterocycles. The molecule has 1 aliphatic carbocycles. The fraction of sp³-hybridized carbons (Fsp3) is 0.391. The van der Waals surface area contributed by atoms with E-state index >= 15 is 0 Å². The summed E-state index contributed by atoms with van der Waals surface area (Å²) in [7, 11) is 1.24. The van der Waals surface area contributed by atoms with Crippen molar-refractivity contribution in [1.29, 1.82) is 0 Å². The standard InChI is InChI=1S/C19H19NO5.2C2H6/c1-24-19(23)11-18(22)20-12-5-7-13(8-6-12)25-17-10-9-16(21)14-3-2-4-15(14)17;2*1-2/h5-10,21H,2-4,11H2,1H3,(H,20,22);2*1-2H3. The molecule has 0 aliphatic heterocycles. The van der Waals surface area contributed by atoms with Crippen molar-refractivity contribution in [1.82, 2.24) is 0 Å². The molecule has 6 heteroatoms. The topological polar surface area (TPSA) is 84.9 Å².